The van der Waals surface area contributed by atoms with Gasteiger partial charge in [0.25, 0.3) is 0 Å². The predicted molar refractivity (Wildman–Crippen MR) is 80.1 cm³/mol. The van der Waals surface area contributed by atoms with E-state index in [-0.39, 0.29) is 11.8 Å². The molecule has 0 aromatic heterocycles. The summed E-state index contributed by atoms with van der Waals surface area (Å²) >= 11 is 0. The van der Waals surface area contributed by atoms with Crippen LogP contribution in [0.3, 0.4) is 0 Å². The van der Waals surface area contributed by atoms with Crippen molar-refractivity contribution >= 4 is 12.0 Å². The highest BCUT2D eigenvalue weighted by molar-refractivity contribution is 5.77. The quantitative estimate of drug-likeness (QED) is 0.903. The minimum atomic E-state index is -0.684. The van der Waals surface area contributed by atoms with Crippen LogP contribution < -0.4 is 0 Å². The van der Waals surface area contributed by atoms with E-state index < -0.39 is 5.97 Å². The summed E-state index contributed by atoms with van der Waals surface area (Å²) in [5.74, 6) is -0.678. The summed E-state index contributed by atoms with van der Waals surface area (Å²) in [7, 11) is 0. The molecule has 0 aliphatic heterocycles. The van der Waals surface area contributed by atoms with Crippen LogP contribution in [-0.2, 0) is 4.79 Å². The van der Waals surface area contributed by atoms with Gasteiger partial charge >= 0.3 is 5.97 Å². The molecule has 1 N–H and O–H groups in total. The highest BCUT2D eigenvalue weighted by atomic mass is 16.4. The molecular weight excluding hydrogens is 248 g/mol. The van der Waals surface area contributed by atoms with Gasteiger partial charge in [-0.1, -0.05) is 66.7 Å². The first-order chi connectivity index (χ1) is 9.75. The summed E-state index contributed by atoms with van der Waals surface area (Å²) in [6.07, 6.45) is 4.84. The molecule has 0 spiro atoms. The van der Waals surface area contributed by atoms with Crippen molar-refractivity contribution in [2.24, 2.45) is 11.8 Å². The molecule has 0 bridgehead atoms. The highest BCUT2D eigenvalue weighted by Crippen LogP contribution is 2.40. The van der Waals surface area contributed by atoms with E-state index in [9.17, 15) is 4.79 Å². The molecule has 1 fully saturated rings. The lowest BCUT2D eigenvalue weighted by Crippen LogP contribution is -1.97. The maximum absolute atomic E-state index is 10.8. The Morgan fingerprint density at radius 3 is 2.45 bits per heavy atom. The van der Waals surface area contributed by atoms with Gasteiger partial charge in [0, 0.05) is 0 Å². The Kier molecular flexibility index (Phi) is 3.38. The normalized spacial score (nSPS) is 21.0. The molecule has 20 heavy (non-hydrogen) atoms. The van der Waals surface area contributed by atoms with Crippen LogP contribution in [0.2, 0.25) is 0 Å². The zero-order valence-corrected chi connectivity index (χ0v) is 11.1. The number of benzene rings is 2. The van der Waals surface area contributed by atoms with Crippen LogP contribution in [0, 0.1) is 11.8 Å². The van der Waals surface area contributed by atoms with Gasteiger partial charge < -0.3 is 5.11 Å². The number of carboxylic acids is 1. The Morgan fingerprint density at radius 2 is 1.75 bits per heavy atom. The SMILES string of the molecule is O=C(O)[C@H]1C[C@H]1C=Cc1ccccc1-c1ccccc1. The van der Waals surface area contributed by atoms with Crippen molar-refractivity contribution in [3.63, 3.8) is 0 Å². The molecule has 1 aliphatic carbocycles. The van der Waals surface area contributed by atoms with Gasteiger partial charge in [-0.25, -0.2) is 0 Å². The summed E-state index contributed by atoms with van der Waals surface area (Å²) in [6, 6.07) is 18.4. The van der Waals surface area contributed by atoms with Crippen LogP contribution in [0.4, 0.5) is 0 Å². The topological polar surface area (TPSA) is 37.3 Å². The first-order valence-corrected chi connectivity index (χ1v) is 6.81. The second-order valence-electron chi connectivity index (χ2n) is 5.16. The third-order valence-corrected chi connectivity index (χ3v) is 3.73. The Bertz CT molecular complexity index is 643. The fourth-order valence-electron chi connectivity index (χ4n) is 2.46. The van der Waals surface area contributed by atoms with Gasteiger partial charge in [0.05, 0.1) is 5.92 Å². The van der Waals surface area contributed by atoms with E-state index in [0.29, 0.717) is 0 Å². The second-order valence-corrected chi connectivity index (χ2v) is 5.16. The van der Waals surface area contributed by atoms with E-state index in [2.05, 4.69) is 30.3 Å². The summed E-state index contributed by atoms with van der Waals surface area (Å²) in [5, 5.41) is 8.92. The molecule has 0 radical (unpaired) electrons. The van der Waals surface area contributed by atoms with Crippen molar-refractivity contribution in [1.29, 1.82) is 0 Å². The molecule has 2 heteroatoms. The monoisotopic (exact) mass is 264 g/mol. The number of rotatable bonds is 4. The fraction of sp³-hybridized carbons (Fsp3) is 0.167. The molecular formula is C18H16O2. The van der Waals surface area contributed by atoms with Crippen molar-refractivity contribution in [2.75, 3.05) is 0 Å². The van der Waals surface area contributed by atoms with E-state index >= 15 is 0 Å². The number of aliphatic carboxylic acids is 1. The third-order valence-electron chi connectivity index (χ3n) is 3.73. The average molecular weight is 264 g/mol. The zero-order valence-electron chi connectivity index (χ0n) is 11.1. The standard InChI is InChI=1S/C18H16O2/c19-18(20)17-12-15(17)11-10-14-8-4-5-9-16(14)13-6-2-1-3-7-13/h1-11,15,17H,12H2,(H,19,20)/t15-,17+/m1/s1. The Labute approximate surface area is 118 Å². The Morgan fingerprint density at radius 1 is 1.05 bits per heavy atom. The largest absolute Gasteiger partial charge is 0.481 e. The fourth-order valence-corrected chi connectivity index (χ4v) is 2.46. The van der Waals surface area contributed by atoms with Crippen LogP contribution in [-0.4, -0.2) is 11.1 Å². The molecule has 0 unspecified atom stereocenters. The predicted octanol–water partition coefficient (Wildman–Crippen LogP) is 4.09. The smallest absolute Gasteiger partial charge is 0.307 e. The lowest BCUT2D eigenvalue weighted by Gasteiger charge is -2.05. The van der Waals surface area contributed by atoms with Crippen molar-refractivity contribution in [3.05, 3.63) is 66.2 Å². The minimum absolute atomic E-state index is 0.185. The minimum Gasteiger partial charge on any atom is -0.481 e. The lowest BCUT2D eigenvalue weighted by molar-refractivity contribution is -0.138. The second kappa shape index (κ2) is 5.33. The Hall–Kier alpha value is -2.35. The first-order valence-electron chi connectivity index (χ1n) is 6.81. The van der Waals surface area contributed by atoms with Crippen molar-refractivity contribution in [2.45, 2.75) is 6.42 Å². The molecule has 1 saturated carbocycles. The maximum atomic E-state index is 10.8. The summed E-state index contributed by atoms with van der Waals surface area (Å²) < 4.78 is 0. The number of allylic oxidation sites excluding steroid dienone is 1. The van der Waals surface area contributed by atoms with Gasteiger partial charge in [-0.15, -0.1) is 0 Å². The zero-order chi connectivity index (χ0) is 13.9. The van der Waals surface area contributed by atoms with E-state index in [1.54, 1.807) is 0 Å². The molecule has 1 aliphatic rings. The molecule has 0 saturated heterocycles. The van der Waals surface area contributed by atoms with Crippen LogP contribution >= 0.6 is 0 Å². The first kappa shape index (κ1) is 12.7. The molecule has 2 atom stereocenters. The van der Waals surface area contributed by atoms with Gasteiger partial charge in [0.15, 0.2) is 0 Å². The van der Waals surface area contributed by atoms with Gasteiger partial charge in [-0.2, -0.15) is 0 Å². The van der Waals surface area contributed by atoms with Gasteiger partial charge in [0.1, 0.15) is 0 Å². The number of carbonyl (C=O) groups is 1. The average Bonchev–Trinajstić information content (AvgIpc) is 3.26. The lowest BCUT2D eigenvalue weighted by atomic mass is 9.99. The molecule has 2 aromatic rings. The molecule has 3 rings (SSSR count). The van der Waals surface area contributed by atoms with Crippen LogP contribution in [0.5, 0.6) is 0 Å². The van der Waals surface area contributed by atoms with Crippen molar-refractivity contribution in [3.8, 4) is 11.1 Å². The molecule has 2 nitrogen and oxygen atoms in total. The summed E-state index contributed by atoms with van der Waals surface area (Å²) in [4.78, 5) is 10.8. The van der Waals surface area contributed by atoms with Crippen LogP contribution in [0.25, 0.3) is 17.2 Å². The molecule has 100 valence electrons. The van der Waals surface area contributed by atoms with Gasteiger partial charge in [-0.05, 0) is 29.0 Å². The van der Waals surface area contributed by atoms with E-state index in [1.165, 1.54) is 11.1 Å². The summed E-state index contributed by atoms with van der Waals surface area (Å²) in [6.45, 7) is 0. The van der Waals surface area contributed by atoms with Crippen LogP contribution in [0.1, 0.15) is 12.0 Å². The van der Waals surface area contributed by atoms with Crippen molar-refractivity contribution in [1.82, 2.24) is 0 Å². The van der Waals surface area contributed by atoms with Crippen LogP contribution in [0.15, 0.2) is 60.7 Å². The third kappa shape index (κ3) is 2.64. The highest BCUT2D eigenvalue weighted by Gasteiger charge is 2.41. The van der Waals surface area contributed by atoms with E-state index in [4.69, 9.17) is 5.11 Å². The van der Waals surface area contributed by atoms with E-state index in [1.807, 2.05) is 36.4 Å². The molecule has 2 aromatic carbocycles. The molecule has 0 amide bonds. The number of hydrogen-bond donors (Lipinski definition) is 1. The number of hydrogen-bond acceptors (Lipinski definition) is 1. The van der Waals surface area contributed by atoms with Crippen molar-refractivity contribution < 1.29 is 9.90 Å². The molecule has 0 heterocycles. The Balaban J connectivity index is 1.84. The van der Waals surface area contributed by atoms with Gasteiger partial charge in [0.2, 0.25) is 0 Å². The van der Waals surface area contributed by atoms with Gasteiger partial charge in [-0.3, -0.25) is 4.79 Å². The number of carboxylic acid groups (broad SMARTS) is 1. The maximum Gasteiger partial charge on any atom is 0.307 e. The summed E-state index contributed by atoms with van der Waals surface area (Å²) in [5.41, 5.74) is 3.49. The van der Waals surface area contributed by atoms with E-state index in [0.717, 1.165) is 12.0 Å².